The third-order valence-electron chi connectivity index (χ3n) is 4.55. The molecule has 0 saturated heterocycles. The Hall–Kier alpha value is -1.57. The molecule has 0 heterocycles. The summed E-state index contributed by atoms with van der Waals surface area (Å²) in [6.07, 6.45) is 4.60. The maximum absolute atomic E-state index is 12.5. The molecule has 1 aliphatic rings. The van der Waals surface area contributed by atoms with Gasteiger partial charge >= 0.3 is 0 Å². The lowest BCUT2D eigenvalue weighted by Gasteiger charge is -2.33. The summed E-state index contributed by atoms with van der Waals surface area (Å²) < 4.78 is 0. The second-order valence-corrected chi connectivity index (χ2v) is 6.78. The highest BCUT2D eigenvalue weighted by atomic mass is 35.5. The average Bonchev–Trinajstić information content (AvgIpc) is 2.55. The molecule has 4 nitrogen and oxygen atoms in total. The van der Waals surface area contributed by atoms with Gasteiger partial charge in [0.05, 0.1) is 12.1 Å². The fraction of sp³-hybridized carbons (Fsp3) is 0.556. The molecule has 0 spiro atoms. The van der Waals surface area contributed by atoms with E-state index in [1.165, 1.54) is 0 Å². The van der Waals surface area contributed by atoms with E-state index >= 15 is 0 Å². The zero-order chi connectivity index (χ0) is 16.9. The van der Waals surface area contributed by atoms with Gasteiger partial charge in [-0.2, -0.15) is 5.26 Å². The number of hydrogen-bond donors (Lipinski definition) is 2. The summed E-state index contributed by atoms with van der Waals surface area (Å²) in [5, 5.41) is 16.4. The van der Waals surface area contributed by atoms with E-state index < -0.39 is 11.6 Å². The molecule has 124 valence electrons. The quantitative estimate of drug-likeness (QED) is 0.863. The lowest BCUT2D eigenvalue weighted by molar-refractivity contribution is -0.124. The molecule has 1 aromatic rings. The molecule has 23 heavy (non-hydrogen) atoms. The van der Waals surface area contributed by atoms with Gasteiger partial charge in [-0.3, -0.25) is 10.1 Å². The van der Waals surface area contributed by atoms with Crippen molar-refractivity contribution < 1.29 is 4.79 Å². The van der Waals surface area contributed by atoms with Gasteiger partial charge in [-0.05, 0) is 38.3 Å². The monoisotopic (exact) mass is 333 g/mol. The van der Waals surface area contributed by atoms with Crippen LogP contribution in [0.4, 0.5) is 0 Å². The zero-order valence-corrected chi connectivity index (χ0v) is 14.5. The number of hydrogen-bond acceptors (Lipinski definition) is 3. The summed E-state index contributed by atoms with van der Waals surface area (Å²) >= 11 is 6.20. The molecule has 0 bridgehead atoms. The number of amides is 1. The van der Waals surface area contributed by atoms with Crippen molar-refractivity contribution in [3.63, 3.8) is 0 Å². The molecule has 1 aliphatic carbocycles. The minimum absolute atomic E-state index is 0.0474. The number of nitrogens with one attached hydrogen (secondary N) is 2. The van der Waals surface area contributed by atoms with Gasteiger partial charge in [0.2, 0.25) is 5.91 Å². The summed E-state index contributed by atoms with van der Waals surface area (Å²) in [5.41, 5.74) is 0.264. The predicted octanol–water partition coefficient (Wildman–Crippen LogP) is 3.72. The Labute approximate surface area is 143 Å². The lowest BCUT2D eigenvalue weighted by Crippen LogP contribution is -2.54. The minimum atomic E-state index is -0.696. The molecule has 0 radical (unpaired) electrons. The van der Waals surface area contributed by atoms with Crippen molar-refractivity contribution in [3.05, 3.63) is 34.9 Å². The van der Waals surface area contributed by atoms with Gasteiger partial charge in [0, 0.05) is 11.1 Å². The van der Waals surface area contributed by atoms with Crippen molar-refractivity contribution in [2.24, 2.45) is 0 Å². The Morgan fingerprint density at radius 3 is 2.52 bits per heavy atom. The first kappa shape index (κ1) is 17.8. The van der Waals surface area contributed by atoms with E-state index in [0.717, 1.165) is 37.7 Å². The van der Waals surface area contributed by atoms with Crippen molar-refractivity contribution in [2.45, 2.75) is 63.6 Å². The van der Waals surface area contributed by atoms with Crippen LogP contribution in [-0.2, 0) is 4.79 Å². The van der Waals surface area contributed by atoms with Crippen LogP contribution in [0.2, 0.25) is 5.02 Å². The average molecular weight is 334 g/mol. The van der Waals surface area contributed by atoms with Crippen LogP contribution in [0.25, 0.3) is 0 Å². The first-order chi connectivity index (χ1) is 11.0. The molecule has 1 aromatic carbocycles. The van der Waals surface area contributed by atoms with E-state index in [1.54, 1.807) is 0 Å². The molecule has 1 saturated carbocycles. The first-order valence-electron chi connectivity index (χ1n) is 8.21. The highest BCUT2D eigenvalue weighted by molar-refractivity contribution is 6.31. The summed E-state index contributed by atoms with van der Waals surface area (Å²) in [6.45, 7) is 3.79. The van der Waals surface area contributed by atoms with Gasteiger partial charge < -0.3 is 5.32 Å². The Kier molecular flexibility index (Phi) is 6.04. The maximum atomic E-state index is 12.5. The summed E-state index contributed by atoms with van der Waals surface area (Å²) in [4.78, 5) is 12.5. The standard InChI is InChI=1S/C18H24ClN3O/c1-13(15-8-4-5-9-16(15)19)21-14(2)17(23)22-18(12-20)10-6-3-7-11-18/h4-5,8-9,13-14,21H,3,6-7,10-11H2,1-2H3,(H,22,23). The fourth-order valence-corrected chi connectivity index (χ4v) is 3.43. The van der Waals surface area contributed by atoms with Gasteiger partial charge in [0.25, 0.3) is 0 Å². The van der Waals surface area contributed by atoms with Crippen LogP contribution in [0.15, 0.2) is 24.3 Å². The topological polar surface area (TPSA) is 64.9 Å². The number of benzene rings is 1. The van der Waals surface area contributed by atoms with Crippen molar-refractivity contribution in [1.82, 2.24) is 10.6 Å². The van der Waals surface area contributed by atoms with Crippen molar-refractivity contribution in [2.75, 3.05) is 0 Å². The van der Waals surface area contributed by atoms with Crippen LogP contribution in [0, 0.1) is 11.3 Å². The Morgan fingerprint density at radius 2 is 1.91 bits per heavy atom. The molecule has 0 aromatic heterocycles. The number of carbonyl (C=O) groups excluding carboxylic acids is 1. The molecule has 5 heteroatoms. The normalized spacial score (nSPS) is 19.4. The molecular weight excluding hydrogens is 310 g/mol. The predicted molar refractivity (Wildman–Crippen MR) is 92.0 cm³/mol. The molecular formula is C18H24ClN3O. The third-order valence-corrected chi connectivity index (χ3v) is 4.89. The molecule has 0 aliphatic heterocycles. The molecule has 2 atom stereocenters. The first-order valence-corrected chi connectivity index (χ1v) is 8.59. The second-order valence-electron chi connectivity index (χ2n) is 6.38. The van der Waals surface area contributed by atoms with Crippen molar-refractivity contribution >= 4 is 17.5 Å². The molecule has 2 N–H and O–H groups in total. The van der Waals surface area contributed by atoms with Crippen LogP contribution in [0.5, 0.6) is 0 Å². The van der Waals surface area contributed by atoms with Crippen molar-refractivity contribution in [3.8, 4) is 6.07 Å². The Bertz CT molecular complexity index is 590. The number of halogens is 1. The maximum Gasteiger partial charge on any atom is 0.238 e. The van der Waals surface area contributed by atoms with Crippen LogP contribution >= 0.6 is 11.6 Å². The van der Waals surface area contributed by atoms with E-state index in [1.807, 2.05) is 38.1 Å². The summed E-state index contributed by atoms with van der Waals surface area (Å²) in [5.74, 6) is -0.132. The van der Waals surface area contributed by atoms with E-state index in [4.69, 9.17) is 11.6 Å². The summed E-state index contributed by atoms with van der Waals surface area (Å²) in [6, 6.07) is 9.47. The highest BCUT2D eigenvalue weighted by Crippen LogP contribution is 2.28. The number of rotatable bonds is 5. The van der Waals surface area contributed by atoms with Gasteiger partial charge in [-0.1, -0.05) is 49.1 Å². The van der Waals surface area contributed by atoms with Crippen molar-refractivity contribution in [1.29, 1.82) is 5.26 Å². The smallest absolute Gasteiger partial charge is 0.238 e. The van der Waals surface area contributed by atoms with E-state index in [2.05, 4.69) is 16.7 Å². The highest BCUT2D eigenvalue weighted by Gasteiger charge is 2.34. The fourth-order valence-electron chi connectivity index (χ4n) is 3.13. The molecule has 1 fully saturated rings. The molecule has 2 rings (SSSR count). The second kappa shape index (κ2) is 7.81. The van der Waals surface area contributed by atoms with Crippen LogP contribution in [-0.4, -0.2) is 17.5 Å². The van der Waals surface area contributed by atoms with Gasteiger partial charge in [-0.25, -0.2) is 0 Å². The largest absolute Gasteiger partial charge is 0.336 e. The van der Waals surface area contributed by atoms with Gasteiger partial charge in [-0.15, -0.1) is 0 Å². The third kappa shape index (κ3) is 4.46. The van der Waals surface area contributed by atoms with Gasteiger partial charge in [0.15, 0.2) is 0 Å². The Morgan fingerprint density at radius 1 is 1.26 bits per heavy atom. The van der Waals surface area contributed by atoms with Crippen LogP contribution in [0.1, 0.15) is 57.6 Å². The zero-order valence-electron chi connectivity index (χ0n) is 13.7. The number of nitrogens with zero attached hydrogens (tertiary/aromatic N) is 1. The van der Waals surface area contributed by atoms with E-state index in [9.17, 15) is 10.1 Å². The molecule has 1 amide bonds. The molecule has 2 unspecified atom stereocenters. The van der Waals surface area contributed by atoms with E-state index in [-0.39, 0.29) is 11.9 Å². The number of carbonyl (C=O) groups is 1. The summed E-state index contributed by atoms with van der Waals surface area (Å²) in [7, 11) is 0. The van der Waals surface area contributed by atoms with Crippen LogP contribution in [0.3, 0.4) is 0 Å². The van der Waals surface area contributed by atoms with Gasteiger partial charge in [0.1, 0.15) is 5.54 Å². The van der Waals surface area contributed by atoms with Crippen LogP contribution < -0.4 is 10.6 Å². The number of nitriles is 1. The Balaban J connectivity index is 1.97. The van der Waals surface area contributed by atoms with E-state index in [0.29, 0.717) is 5.02 Å². The lowest BCUT2D eigenvalue weighted by atomic mass is 9.82. The SMILES string of the molecule is CC(NC(C)c1ccccc1Cl)C(=O)NC1(C#N)CCCCC1. The minimum Gasteiger partial charge on any atom is -0.336 e.